The van der Waals surface area contributed by atoms with E-state index in [9.17, 15) is 8.42 Å². The lowest BCUT2D eigenvalue weighted by Gasteiger charge is -2.30. The smallest absolute Gasteiger partial charge is 0.154 e. The van der Waals surface area contributed by atoms with Crippen molar-refractivity contribution in [1.82, 2.24) is 5.32 Å². The molecule has 2 aliphatic heterocycles. The van der Waals surface area contributed by atoms with Crippen molar-refractivity contribution in [2.45, 2.75) is 49.1 Å². The minimum absolute atomic E-state index is 0.119. The van der Waals surface area contributed by atoms with Gasteiger partial charge in [0, 0.05) is 17.8 Å². The number of sulfone groups is 1. The summed E-state index contributed by atoms with van der Waals surface area (Å²) >= 11 is 2.00. The van der Waals surface area contributed by atoms with Gasteiger partial charge in [0.2, 0.25) is 0 Å². The highest BCUT2D eigenvalue weighted by Gasteiger charge is 2.32. The monoisotopic (exact) mass is 263 g/mol. The highest BCUT2D eigenvalue weighted by Crippen LogP contribution is 2.26. The largest absolute Gasteiger partial charge is 0.312 e. The van der Waals surface area contributed by atoms with E-state index in [1.165, 1.54) is 18.6 Å². The second kappa shape index (κ2) is 5.27. The molecule has 2 rings (SSSR count). The van der Waals surface area contributed by atoms with Gasteiger partial charge in [-0.2, -0.15) is 11.8 Å². The Bertz CT molecular complexity index is 329. The van der Waals surface area contributed by atoms with Gasteiger partial charge < -0.3 is 5.32 Å². The first kappa shape index (κ1) is 12.7. The standard InChI is InChI=1S/C11H21NO2S2/c1-9-11(5-2-6-15-9)12-8-10-4-3-7-16(10,13)14/h9-12H,2-8H2,1H3. The molecule has 2 heterocycles. The molecule has 0 aromatic carbocycles. The zero-order chi connectivity index (χ0) is 11.6. The summed E-state index contributed by atoms with van der Waals surface area (Å²) in [7, 11) is -2.77. The van der Waals surface area contributed by atoms with Crippen LogP contribution in [0.25, 0.3) is 0 Å². The summed E-state index contributed by atoms with van der Waals surface area (Å²) in [5, 5.41) is 3.97. The van der Waals surface area contributed by atoms with Gasteiger partial charge >= 0.3 is 0 Å². The molecule has 3 nitrogen and oxygen atoms in total. The molecule has 2 fully saturated rings. The van der Waals surface area contributed by atoms with Crippen LogP contribution in [0.5, 0.6) is 0 Å². The first-order valence-electron chi connectivity index (χ1n) is 6.16. The molecule has 5 heteroatoms. The van der Waals surface area contributed by atoms with Gasteiger partial charge in [0.05, 0.1) is 11.0 Å². The summed E-state index contributed by atoms with van der Waals surface area (Å²) in [5.41, 5.74) is 0. The summed E-state index contributed by atoms with van der Waals surface area (Å²) in [5.74, 6) is 1.65. The van der Waals surface area contributed by atoms with E-state index in [0.29, 0.717) is 23.6 Å². The Labute approximate surface area is 103 Å². The highest BCUT2D eigenvalue weighted by molar-refractivity contribution is 8.00. The zero-order valence-corrected chi connectivity index (χ0v) is 11.4. The van der Waals surface area contributed by atoms with Gasteiger partial charge in [0.1, 0.15) is 0 Å². The van der Waals surface area contributed by atoms with E-state index >= 15 is 0 Å². The van der Waals surface area contributed by atoms with Crippen LogP contribution < -0.4 is 5.32 Å². The van der Waals surface area contributed by atoms with Gasteiger partial charge in [-0.1, -0.05) is 6.92 Å². The number of thioether (sulfide) groups is 1. The van der Waals surface area contributed by atoms with Crippen molar-refractivity contribution >= 4 is 21.6 Å². The van der Waals surface area contributed by atoms with Crippen molar-refractivity contribution in [2.24, 2.45) is 0 Å². The Morgan fingerprint density at radius 1 is 1.31 bits per heavy atom. The van der Waals surface area contributed by atoms with Gasteiger partial charge in [-0.25, -0.2) is 8.42 Å². The number of rotatable bonds is 3. The molecule has 0 aliphatic carbocycles. The van der Waals surface area contributed by atoms with Crippen LogP contribution in [-0.2, 0) is 9.84 Å². The van der Waals surface area contributed by atoms with Crippen LogP contribution in [0.4, 0.5) is 0 Å². The zero-order valence-electron chi connectivity index (χ0n) is 9.81. The fraction of sp³-hybridized carbons (Fsp3) is 1.00. The Morgan fingerprint density at radius 3 is 2.75 bits per heavy atom. The molecule has 3 unspecified atom stereocenters. The van der Waals surface area contributed by atoms with Crippen molar-refractivity contribution in [3.05, 3.63) is 0 Å². The molecule has 94 valence electrons. The normalized spacial score (nSPS) is 38.7. The SMILES string of the molecule is CC1SCCCC1NCC1CCCS1(=O)=O. The van der Waals surface area contributed by atoms with Gasteiger partial charge in [-0.3, -0.25) is 0 Å². The first-order chi connectivity index (χ1) is 7.59. The summed E-state index contributed by atoms with van der Waals surface area (Å²) in [6.45, 7) is 2.91. The molecule has 0 aromatic rings. The third kappa shape index (κ3) is 2.93. The molecule has 0 radical (unpaired) electrons. The lowest BCUT2D eigenvalue weighted by molar-refractivity contribution is 0.455. The van der Waals surface area contributed by atoms with Crippen LogP contribution in [0.15, 0.2) is 0 Å². The maximum absolute atomic E-state index is 11.7. The topological polar surface area (TPSA) is 46.2 Å². The third-order valence-corrected chi connectivity index (χ3v) is 7.33. The second-order valence-corrected chi connectivity index (χ2v) is 8.75. The predicted molar refractivity (Wildman–Crippen MR) is 69.8 cm³/mol. The minimum atomic E-state index is -2.77. The van der Waals surface area contributed by atoms with Gasteiger partial charge in [0.25, 0.3) is 0 Å². The van der Waals surface area contributed by atoms with E-state index in [4.69, 9.17) is 0 Å². The molecule has 0 aromatic heterocycles. The third-order valence-electron chi connectivity index (χ3n) is 3.68. The molecule has 0 spiro atoms. The predicted octanol–water partition coefficient (Wildman–Crippen LogP) is 1.44. The van der Waals surface area contributed by atoms with E-state index in [0.717, 1.165) is 12.8 Å². The van der Waals surface area contributed by atoms with E-state index in [1.807, 2.05) is 11.8 Å². The second-order valence-electron chi connectivity index (χ2n) is 4.86. The Morgan fingerprint density at radius 2 is 2.12 bits per heavy atom. The van der Waals surface area contributed by atoms with Crippen molar-refractivity contribution in [2.75, 3.05) is 18.1 Å². The summed E-state index contributed by atoms with van der Waals surface area (Å²) in [6.07, 6.45) is 4.15. The Balaban J connectivity index is 1.82. The average Bonchev–Trinajstić information content (AvgIpc) is 2.57. The molecular formula is C11H21NO2S2. The molecule has 2 saturated heterocycles. The fourth-order valence-electron chi connectivity index (χ4n) is 2.56. The van der Waals surface area contributed by atoms with E-state index < -0.39 is 9.84 Å². The quantitative estimate of drug-likeness (QED) is 0.837. The maximum atomic E-state index is 11.7. The first-order valence-corrected chi connectivity index (χ1v) is 8.92. The number of hydrogen-bond donors (Lipinski definition) is 1. The van der Waals surface area contributed by atoms with Gasteiger partial charge in [-0.05, 0) is 31.4 Å². The molecule has 16 heavy (non-hydrogen) atoms. The average molecular weight is 263 g/mol. The summed E-state index contributed by atoms with van der Waals surface area (Å²) in [4.78, 5) is 0. The molecule has 1 N–H and O–H groups in total. The van der Waals surface area contributed by atoms with Crippen molar-refractivity contribution in [3.8, 4) is 0 Å². The van der Waals surface area contributed by atoms with Crippen LogP contribution in [0.2, 0.25) is 0 Å². The van der Waals surface area contributed by atoms with E-state index in [1.54, 1.807) is 0 Å². The molecule has 2 aliphatic rings. The van der Waals surface area contributed by atoms with Crippen LogP contribution in [-0.4, -0.2) is 43.0 Å². The number of nitrogens with one attached hydrogen (secondary N) is 1. The Kier molecular flexibility index (Phi) is 4.19. The lowest BCUT2D eigenvalue weighted by Crippen LogP contribution is -2.43. The molecule has 0 amide bonds. The molecule has 0 saturated carbocycles. The minimum Gasteiger partial charge on any atom is -0.312 e. The molecular weight excluding hydrogens is 242 g/mol. The molecule has 0 bridgehead atoms. The van der Waals surface area contributed by atoms with Gasteiger partial charge in [-0.15, -0.1) is 0 Å². The van der Waals surface area contributed by atoms with Crippen LogP contribution in [0.1, 0.15) is 32.6 Å². The fourth-order valence-corrected chi connectivity index (χ4v) is 5.51. The van der Waals surface area contributed by atoms with Crippen molar-refractivity contribution in [3.63, 3.8) is 0 Å². The molecule has 3 atom stereocenters. The van der Waals surface area contributed by atoms with Gasteiger partial charge in [0.15, 0.2) is 9.84 Å². The lowest BCUT2D eigenvalue weighted by atomic mass is 10.1. The van der Waals surface area contributed by atoms with Crippen LogP contribution >= 0.6 is 11.8 Å². The highest BCUT2D eigenvalue weighted by atomic mass is 32.2. The van der Waals surface area contributed by atoms with Crippen LogP contribution in [0.3, 0.4) is 0 Å². The van der Waals surface area contributed by atoms with Crippen molar-refractivity contribution < 1.29 is 8.42 Å². The summed E-state index contributed by atoms with van der Waals surface area (Å²) < 4.78 is 23.3. The summed E-state index contributed by atoms with van der Waals surface area (Å²) in [6, 6.07) is 0.509. The maximum Gasteiger partial charge on any atom is 0.154 e. The Hall–Kier alpha value is 0.260. The number of hydrogen-bond acceptors (Lipinski definition) is 4. The van der Waals surface area contributed by atoms with E-state index in [2.05, 4.69) is 12.2 Å². The van der Waals surface area contributed by atoms with Crippen molar-refractivity contribution in [1.29, 1.82) is 0 Å². The van der Waals surface area contributed by atoms with Crippen LogP contribution in [0, 0.1) is 0 Å². The van der Waals surface area contributed by atoms with E-state index in [-0.39, 0.29) is 5.25 Å².